The van der Waals surface area contributed by atoms with E-state index in [1.54, 1.807) is 0 Å². The highest BCUT2D eigenvalue weighted by Gasteiger charge is 2.50. The predicted molar refractivity (Wildman–Crippen MR) is 90.2 cm³/mol. The van der Waals surface area contributed by atoms with Gasteiger partial charge in [-0.1, -0.05) is 25.5 Å². The molecule has 136 valence electrons. The molecule has 0 saturated carbocycles. The molecule has 0 bridgehead atoms. The smallest absolute Gasteiger partial charge is 0.318 e. The van der Waals surface area contributed by atoms with Crippen LogP contribution < -0.4 is 4.74 Å². The SMILES string of the molecule is CCCCOc1ccc(F)c(C2(C(=O)O)C=CCC(C)(C(=O)O)C2)c1. The third-order valence-electron chi connectivity index (χ3n) is 4.72. The number of benzene rings is 1. The van der Waals surface area contributed by atoms with Crippen LogP contribution in [0.5, 0.6) is 5.75 Å². The van der Waals surface area contributed by atoms with Gasteiger partial charge in [0.25, 0.3) is 0 Å². The average Bonchev–Trinajstić information content (AvgIpc) is 2.56. The molecular weight excluding hydrogens is 327 g/mol. The van der Waals surface area contributed by atoms with E-state index >= 15 is 0 Å². The molecule has 1 aromatic rings. The van der Waals surface area contributed by atoms with Gasteiger partial charge in [-0.25, -0.2) is 4.39 Å². The van der Waals surface area contributed by atoms with E-state index in [0.29, 0.717) is 12.4 Å². The van der Waals surface area contributed by atoms with Crippen molar-refractivity contribution in [2.24, 2.45) is 5.41 Å². The predicted octanol–water partition coefficient (Wildman–Crippen LogP) is 3.77. The van der Waals surface area contributed by atoms with Gasteiger partial charge in [-0.15, -0.1) is 0 Å². The van der Waals surface area contributed by atoms with E-state index < -0.39 is 28.6 Å². The second kappa shape index (κ2) is 7.25. The number of carboxylic acids is 2. The molecule has 2 unspecified atom stereocenters. The molecule has 5 nitrogen and oxygen atoms in total. The zero-order valence-electron chi connectivity index (χ0n) is 14.4. The molecule has 0 radical (unpaired) electrons. The van der Waals surface area contributed by atoms with Gasteiger partial charge in [-0.3, -0.25) is 9.59 Å². The average molecular weight is 350 g/mol. The van der Waals surface area contributed by atoms with Gasteiger partial charge < -0.3 is 14.9 Å². The fraction of sp³-hybridized carbons (Fsp3) is 0.474. The Balaban J connectivity index is 2.49. The molecule has 1 aromatic carbocycles. The first-order chi connectivity index (χ1) is 11.7. The van der Waals surface area contributed by atoms with E-state index in [1.165, 1.54) is 37.3 Å². The summed E-state index contributed by atoms with van der Waals surface area (Å²) >= 11 is 0. The number of ether oxygens (including phenoxy) is 1. The third kappa shape index (κ3) is 3.67. The number of carbonyl (C=O) groups is 2. The topological polar surface area (TPSA) is 83.8 Å². The van der Waals surface area contributed by atoms with Crippen molar-refractivity contribution in [1.82, 2.24) is 0 Å². The molecule has 0 heterocycles. The summed E-state index contributed by atoms with van der Waals surface area (Å²) in [6.45, 7) is 3.94. The largest absolute Gasteiger partial charge is 0.494 e. The minimum absolute atomic E-state index is 0.0718. The van der Waals surface area contributed by atoms with Crippen molar-refractivity contribution in [3.8, 4) is 5.75 Å². The highest BCUT2D eigenvalue weighted by Crippen LogP contribution is 2.46. The van der Waals surface area contributed by atoms with Gasteiger partial charge >= 0.3 is 11.9 Å². The Morgan fingerprint density at radius 1 is 1.28 bits per heavy atom. The van der Waals surface area contributed by atoms with Crippen LogP contribution in [0.2, 0.25) is 0 Å². The van der Waals surface area contributed by atoms with Gasteiger partial charge in [-0.05, 0) is 44.4 Å². The quantitative estimate of drug-likeness (QED) is 0.578. The van der Waals surface area contributed by atoms with Crippen LogP contribution in [0.1, 0.15) is 45.1 Å². The van der Waals surface area contributed by atoms with E-state index in [0.717, 1.165) is 12.8 Å². The lowest BCUT2D eigenvalue weighted by Crippen LogP contribution is -2.45. The summed E-state index contributed by atoms with van der Waals surface area (Å²) in [5.74, 6) is -2.69. The zero-order valence-corrected chi connectivity index (χ0v) is 14.4. The molecule has 2 rings (SSSR count). The Labute approximate surface area is 146 Å². The zero-order chi connectivity index (χ0) is 18.7. The van der Waals surface area contributed by atoms with Crippen LogP contribution in [0, 0.1) is 11.2 Å². The number of allylic oxidation sites excluding steroid dienone is 1. The number of aliphatic carboxylic acids is 2. The minimum atomic E-state index is -1.74. The first kappa shape index (κ1) is 19.0. The van der Waals surface area contributed by atoms with E-state index in [1.807, 2.05) is 6.92 Å². The summed E-state index contributed by atoms with van der Waals surface area (Å²) in [5.41, 5.74) is -3.09. The maximum absolute atomic E-state index is 14.5. The van der Waals surface area contributed by atoms with Gasteiger partial charge in [0.15, 0.2) is 0 Å². The number of halogens is 1. The summed E-state index contributed by atoms with van der Waals surface area (Å²) in [5, 5.41) is 19.3. The van der Waals surface area contributed by atoms with Crippen molar-refractivity contribution in [3.05, 3.63) is 41.7 Å². The van der Waals surface area contributed by atoms with E-state index in [9.17, 15) is 24.2 Å². The van der Waals surface area contributed by atoms with Crippen molar-refractivity contribution in [3.63, 3.8) is 0 Å². The van der Waals surface area contributed by atoms with Gasteiger partial charge in [0, 0.05) is 5.56 Å². The molecule has 1 aliphatic carbocycles. The number of rotatable bonds is 7. The van der Waals surface area contributed by atoms with Crippen molar-refractivity contribution in [1.29, 1.82) is 0 Å². The van der Waals surface area contributed by atoms with E-state index in [4.69, 9.17) is 4.74 Å². The van der Waals surface area contributed by atoms with Gasteiger partial charge in [0.1, 0.15) is 17.0 Å². The van der Waals surface area contributed by atoms with Crippen molar-refractivity contribution < 1.29 is 28.9 Å². The molecule has 0 amide bonds. The number of unbranched alkanes of at least 4 members (excludes halogenated alkanes) is 1. The lowest BCUT2D eigenvalue weighted by molar-refractivity contribution is -0.152. The lowest BCUT2D eigenvalue weighted by Gasteiger charge is -2.38. The van der Waals surface area contributed by atoms with Gasteiger partial charge in [0.05, 0.1) is 12.0 Å². The lowest BCUT2D eigenvalue weighted by atomic mass is 9.63. The summed E-state index contributed by atoms with van der Waals surface area (Å²) in [6, 6.07) is 3.99. The molecule has 0 aliphatic heterocycles. The normalized spacial score (nSPS) is 25.6. The highest BCUT2D eigenvalue weighted by atomic mass is 19.1. The van der Waals surface area contributed by atoms with Crippen LogP contribution in [0.25, 0.3) is 0 Å². The molecule has 0 fully saturated rings. The van der Waals surface area contributed by atoms with Crippen LogP contribution >= 0.6 is 0 Å². The fourth-order valence-corrected chi connectivity index (χ4v) is 3.15. The fourth-order valence-electron chi connectivity index (χ4n) is 3.15. The van der Waals surface area contributed by atoms with Crippen molar-refractivity contribution in [2.75, 3.05) is 6.61 Å². The highest BCUT2D eigenvalue weighted by molar-refractivity contribution is 5.87. The van der Waals surface area contributed by atoms with Crippen molar-refractivity contribution >= 4 is 11.9 Å². The Morgan fingerprint density at radius 2 is 2.00 bits per heavy atom. The Morgan fingerprint density at radius 3 is 2.60 bits per heavy atom. The molecule has 25 heavy (non-hydrogen) atoms. The van der Waals surface area contributed by atoms with Crippen molar-refractivity contribution in [2.45, 2.75) is 44.9 Å². The van der Waals surface area contributed by atoms with Gasteiger partial charge in [0.2, 0.25) is 0 Å². The molecule has 0 aromatic heterocycles. The molecule has 0 saturated heterocycles. The Bertz CT molecular complexity index is 699. The van der Waals surface area contributed by atoms with Crippen LogP contribution in [0.3, 0.4) is 0 Å². The van der Waals surface area contributed by atoms with Gasteiger partial charge in [-0.2, -0.15) is 0 Å². The Hall–Kier alpha value is -2.37. The molecule has 1 aliphatic rings. The summed E-state index contributed by atoms with van der Waals surface area (Å²) in [4.78, 5) is 23.7. The standard InChI is InChI=1S/C19H23FO5/c1-3-4-10-25-13-6-7-15(20)14(11-13)19(17(23)24)9-5-8-18(2,12-19)16(21)22/h5-7,9,11H,3-4,8,10,12H2,1-2H3,(H,21,22)(H,23,24). The number of carboxylic acid groups (broad SMARTS) is 2. The van der Waals surface area contributed by atoms with Crippen LogP contribution in [-0.2, 0) is 15.0 Å². The Kier molecular flexibility index (Phi) is 5.50. The second-order valence-corrected chi connectivity index (χ2v) is 6.77. The third-order valence-corrected chi connectivity index (χ3v) is 4.72. The number of hydrogen-bond donors (Lipinski definition) is 2. The monoisotopic (exact) mass is 350 g/mol. The van der Waals surface area contributed by atoms with Crippen LogP contribution in [0.4, 0.5) is 4.39 Å². The molecular formula is C19H23FO5. The molecule has 2 N–H and O–H groups in total. The first-order valence-corrected chi connectivity index (χ1v) is 8.32. The maximum Gasteiger partial charge on any atom is 0.318 e. The van der Waals surface area contributed by atoms with Crippen LogP contribution in [0.15, 0.2) is 30.4 Å². The summed E-state index contributed by atoms with van der Waals surface area (Å²) in [6.07, 6.45) is 4.65. The summed E-state index contributed by atoms with van der Waals surface area (Å²) in [7, 11) is 0. The van der Waals surface area contributed by atoms with E-state index in [2.05, 4.69) is 0 Å². The second-order valence-electron chi connectivity index (χ2n) is 6.77. The maximum atomic E-state index is 14.5. The first-order valence-electron chi connectivity index (χ1n) is 8.32. The molecule has 2 atom stereocenters. The number of hydrogen-bond acceptors (Lipinski definition) is 3. The minimum Gasteiger partial charge on any atom is -0.494 e. The molecule has 0 spiro atoms. The van der Waals surface area contributed by atoms with E-state index in [-0.39, 0.29) is 18.4 Å². The molecule has 6 heteroatoms. The summed E-state index contributed by atoms with van der Waals surface area (Å²) < 4.78 is 20.1. The van der Waals surface area contributed by atoms with Crippen LogP contribution in [-0.4, -0.2) is 28.8 Å².